The number of aromatic nitrogens is 5. The van der Waals surface area contributed by atoms with Gasteiger partial charge in [0.25, 0.3) is 5.78 Å². The van der Waals surface area contributed by atoms with Crippen molar-refractivity contribution in [2.24, 2.45) is 0 Å². The molecule has 0 fully saturated rings. The summed E-state index contributed by atoms with van der Waals surface area (Å²) < 4.78 is 6.74. The van der Waals surface area contributed by atoms with Crippen LogP contribution in [0.1, 0.15) is 5.82 Å². The average molecular weight is 241 g/mol. The van der Waals surface area contributed by atoms with Crippen molar-refractivity contribution in [3.63, 3.8) is 0 Å². The van der Waals surface area contributed by atoms with E-state index in [1.54, 1.807) is 30.2 Å². The number of rotatable bonds is 3. The summed E-state index contributed by atoms with van der Waals surface area (Å²) in [6.45, 7) is 0.374. The molecule has 3 rings (SSSR count). The molecule has 0 amide bonds. The zero-order chi connectivity index (χ0) is 12.4. The number of fused-ring (bicyclic) bond motifs is 1. The number of hydrogen-bond acceptors (Lipinski definition) is 5. The maximum absolute atomic E-state index is 5.03. The van der Waals surface area contributed by atoms with Crippen molar-refractivity contribution in [1.29, 1.82) is 0 Å². The molecule has 0 saturated carbocycles. The van der Waals surface area contributed by atoms with Gasteiger partial charge in [-0.15, -0.1) is 5.10 Å². The minimum absolute atomic E-state index is 0.374. The van der Waals surface area contributed by atoms with E-state index in [0.717, 1.165) is 11.3 Å². The predicted octanol–water partition coefficient (Wildman–Crippen LogP) is 1.33. The van der Waals surface area contributed by atoms with Crippen molar-refractivity contribution in [3.8, 4) is 11.3 Å². The first-order valence-electron chi connectivity index (χ1n) is 5.48. The predicted molar refractivity (Wildman–Crippen MR) is 64.7 cm³/mol. The quantitative estimate of drug-likeness (QED) is 0.692. The van der Waals surface area contributed by atoms with Crippen molar-refractivity contribution in [2.75, 3.05) is 7.11 Å². The molecule has 0 unspecified atom stereocenters. The number of ether oxygens (including phenoxy) is 1. The Morgan fingerprint density at radius 3 is 2.78 bits per heavy atom. The Morgan fingerprint density at radius 1 is 1.17 bits per heavy atom. The summed E-state index contributed by atoms with van der Waals surface area (Å²) in [5.41, 5.74) is 1.95. The van der Waals surface area contributed by atoms with Crippen molar-refractivity contribution in [3.05, 3.63) is 42.6 Å². The Hall–Kier alpha value is -2.34. The monoisotopic (exact) mass is 241 g/mol. The second kappa shape index (κ2) is 4.50. The minimum atomic E-state index is 0.374. The molecule has 0 aliphatic heterocycles. The van der Waals surface area contributed by atoms with Gasteiger partial charge in [-0.3, -0.25) is 4.98 Å². The van der Waals surface area contributed by atoms with E-state index in [0.29, 0.717) is 18.2 Å². The van der Waals surface area contributed by atoms with E-state index in [2.05, 4.69) is 20.1 Å². The summed E-state index contributed by atoms with van der Waals surface area (Å²) in [6, 6.07) is 5.74. The van der Waals surface area contributed by atoms with E-state index in [9.17, 15) is 0 Å². The van der Waals surface area contributed by atoms with Gasteiger partial charge in [-0.1, -0.05) is 0 Å². The molecule has 18 heavy (non-hydrogen) atoms. The molecule has 0 radical (unpaired) electrons. The van der Waals surface area contributed by atoms with Gasteiger partial charge in [-0.2, -0.15) is 9.50 Å². The summed E-state index contributed by atoms with van der Waals surface area (Å²) >= 11 is 0. The Balaban J connectivity index is 2.17. The van der Waals surface area contributed by atoms with Crippen molar-refractivity contribution < 1.29 is 4.74 Å². The third-order valence-electron chi connectivity index (χ3n) is 2.53. The molecular weight excluding hydrogens is 230 g/mol. The van der Waals surface area contributed by atoms with Crippen molar-refractivity contribution in [2.45, 2.75) is 6.61 Å². The number of methoxy groups -OCH3 is 1. The highest BCUT2D eigenvalue weighted by atomic mass is 16.5. The molecule has 6 heteroatoms. The molecule has 0 spiro atoms. The Morgan fingerprint density at radius 2 is 2.00 bits per heavy atom. The first kappa shape index (κ1) is 10.8. The highest BCUT2D eigenvalue weighted by Crippen LogP contribution is 2.17. The lowest BCUT2D eigenvalue weighted by Gasteiger charge is -2.02. The molecule has 0 saturated heterocycles. The third-order valence-corrected chi connectivity index (χ3v) is 2.53. The normalized spacial score (nSPS) is 10.9. The van der Waals surface area contributed by atoms with Crippen LogP contribution in [0.4, 0.5) is 0 Å². The van der Waals surface area contributed by atoms with Crippen LogP contribution in [0.3, 0.4) is 0 Å². The zero-order valence-electron chi connectivity index (χ0n) is 9.82. The largest absolute Gasteiger partial charge is 0.377 e. The van der Waals surface area contributed by atoms with E-state index in [4.69, 9.17) is 4.74 Å². The van der Waals surface area contributed by atoms with Gasteiger partial charge in [0.15, 0.2) is 5.82 Å². The Kier molecular flexibility index (Phi) is 2.70. The van der Waals surface area contributed by atoms with E-state index < -0.39 is 0 Å². The van der Waals surface area contributed by atoms with Gasteiger partial charge in [0.2, 0.25) is 0 Å². The van der Waals surface area contributed by atoms with Crippen LogP contribution in [-0.2, 0) is 11.3 Å². The second-order valence-electron chi connectivity index (χ2n) is 3.74. The van der Waals surface area contributed by atoms with Crippen LogP contribution in [0.15, 0.2) is 36.8 Å². The number of pyridine rings is 1. The van der Waals surface area contributed by atoms with Gasteiger partial charge in [-0.05, 0) is 18.2 Å². The van der Waals surface area contributed by atoms with Crippen molar-refractivity contribution >= 4 is 5.78 Å². The summed E-state index contributed by atoms with van der Waals surface area (Å²) in [4.78, 5) is 12.5. The molecule has 6 nitrogen and oxygen atoms in total. The highest BCUT2D eigenvalue weighted by Gasteiger charge is 2.09. The van der Waals surface area contributed by atoms with Crippen LogP contribution in [0, 0.1) is 0 Å². The molecular formula is C12H11N5O. The summed E-state index contributed by atoms with van der Waals surface area (Å²) in [6.07, 6.45) is 5.21. The SMILES string of the molecule is COCc1nc2nccc(-c3ccncc3)n2n1. The molecule has 0 atom stereocenters. The minimum Gasteiger partial charge on any atom is -0.377 e. The topological polar surface area (TPSA) is 65.2 Å². The van der Waals surface area contributed by atoms with E-state index >= 15 is 0 Å². The Labute approximate surface area is 103 Å². The van der Waals surface area contributed by atoms with E-state index in [1.807, 2.05) is 18.2 Å². The standard InChI is InChI=1S/C12H11N5O/c1-18-8-11-15-12-14-7-4-10(17(12)16-11)9-2-5-13-6-3-9/h2-7H,8H2,1H3. The fraction of sp³-hybridized carbons (Fsp3) is 0.167. The molecule has 0 aromatic carbocycles. The smallest absolute Gasteiger partial charge is 0.253 e. The summed E-state index contributed by atoms with van der Waals surface area (Å²) in [7, 11) is 1.61. The summed E-state index contributed by atoms with van der Waals surface area (Å²) in [5.74, 6) is 1.18. The van der Waals surface area contributed by atoms with Crippen molar-refractivity contribution in [1.82, 2.24) is 24.6 Å². The average Bonchev–Trinajstić information content (AvgIpc) is 2.82. The lowest BCUT2D eigenvalue weighted by Crippen LogP contribution is -1.96. The molecule has 0 bridgehead atoms. The lowest BCUT2D eigenvalue weighted by atomic mass is 10.2. The van der Waals surface area contributed by atoms with E-state index in [-0.39, 0.29) is 0 Å². The van der Waals surface area contributed by atoms with Gasteiger partial charge < -0.3 is 4.74 Å². The molecule has 0 aliphatic rings. The second-order valence-corrected chi connectivity index (χ2v) is 3.74. The van der Waals surface area contributed by atoms with Crippen LogP contribution in [0.5, 0.6) is 0 Å². The van der Waals surface area contributed by atoms with Crippen LogP contribution >= 0.6 is 0 Å². The molecule has 3 aromatic rings. The lowest BCUT2D eigenvalue weighted by molar-refractivity contribution is 0.178. The molecule has 3 aromatic heterocycles. The van der Waals surface area contributed by atoms with Crippen LogP contribution in [-0.4, -0.2) is 31.7 Å². The maximum Gasteiger partial charge on any atom is 0.253 e. The molecule has 3 heterocycles. The number of hydrogen-bond donors (Lipinski definition) is 0. The Bertz CT molecular complexity index is 665. The van der Waals surface area contributed by atoms with Gasteiger partial charge in [0.05, 0.1) is 5.69 Å². The fourth-order valence-corrected chi connectivity index (χ4v) is 1.77. The maximum atomic E-state index is 5.03. The number of nitrogens with zero attached hydrogens (tertiary/aromatic N) is 5. The summed E-state index contributed by atoms with van der Waals surface area (Å²) in [5, 5.41) is 4.38. The molecule has 0 aliphatic carbocycles. The van der Waals surface area contributed by atoms with Crippen LogP contribution in [0.2, 0.25) is 0 Å². The van der Waals surface area contributed by atoms with E-state index in [1.165, 1.54) is 0 Å². The molecule has 0 N–H and O–H groups in total. The first-order chi connectivity index (χ1) is 8.88. The van der Waals surface area contributed by atoms with Crippen LogP contribution in [0.25, 0.3) is 17.0 Å². The highest BCUT2D eigenvalue weighted by molar-refractivity contribution is 5.60. The zero-order valence-corrected chi connectivity index (χ0v) is 9.82. The van der Waals surface area contributed by atoms with Gasteiger partial charge >= 0.3 is 0 Å². The third kappa shape index (κ3) is 1.82. The van der Waals surface area contributed by atoms with Gasteiger partial charge in [0, 0.05) is 31.3 Å². The molecule has 90 valence electrons. The van der Waals surface area contributed by atoms with Crippen LogP contribution < -0.4 is 0 Å². The van der Waals surface area contributed by atoms with Gasteiger partial charge in [0.1, 0.15) is 6.61 Å². The first-order valence-corrected chi connectivity index (χ1v) is 5.48. The fourth-order valence-electron chi connectivity index (χ4n) is 1.77. The van der Waals surface area contributed by atoms with Gasteiger partial charge in [-0.25, -0.2) is 4.98 Å².